The standard InChI is InChI=1S/C8H6BrClNO4P/c9-6-1-2-7-5(3-6)4-8(11-7)14-16(12,13)15-10/h1-4,11H,(H,12,13). The Hall–Kier alpha value is -0.520. The van der Waals surface area contributed by atoms with Crippen LogP contribution >= 0.6 is 35.6 Å². The van der Waals surface area contributed by atoms with Gasteiger partial charge in [-0.15, -0.1) is 0 Å². The Bertz CT molecular complexity index is 572. The largest absolute Gasteiger partial charge is 0.545 e. The van der Waals surface area contributed by atoms with Crippen molar-refractivity contribution in [2.24, 2.45) is 0 Å². The highest BCUT2D eigenvalue weighted by Crippen LogP contribution is 2.45. The molecule has 86 valence electrons. The molecule has 0 aliphatic rings. The van der Waals surface area contributed by atoms with Crippen molar-refractivity contribution in [1.82, 2.24) is 4.98 Å². The summed E-state index contributed by atoms with van der Waals surface area (Å²) in [6.07, 6.45) is 0. The molecule has 16 heavy (non-hydrogen) atoms. The van der Waals surface area contributed by atoms with E-state index in [1.807, 2.05) is 12.1 Å². The van der Waals surface area contributed by atoms with Crippen LogP contribution in [0.5, 0.6) is 5.88 Å². The van der Waals surface area contributed by atoms with Crippen LogP contribution in [0.4, 0.5) is 0 Å². The third-order valence-corrected chi connectivity index (χ3v) is 3.48. The Kier molecular flexibility index (Phi) is 3.28. The maximum Gasteiger partial charge on any atom is 0.545 e. The van der Waals surface area contributed by atoms with Crippen molar-refractivity contribution in [2.75, 3.05) is 0 Å². The average Bonchev–Trinajstić information content (AvgIpc) is 2.58. The van der Waals surface area contributed by atoms with E-state index in [4.69, 9.17) is 16.8 Å². The number of phosphoric acid groups is 1. The molecule has 0 aliphatic heterocycles. The number of rotatable bonds is 3. The van der Waals surface area contributed by atoms with E-state index in [1.165, 1.54) is 0 Å². The Balaban J connectivity index is 2.37. The molecule has 5 nitrogen and oxygen atoms in total. The Morgan fingerprint density at radius 2 is 2.19 bits per heavy atom. The van der Waals surface area contributed by atoms with Gasteiger partial charge in [-0.3, -0.25) is 4.89 Å². The van der Waals surface area contributed by atoms with Crippen LogP contribution in [-0.4, -0.2) is 9.88 Å². The van der Waals surface area contributed by atoms with Gasteiger partial charge in [-0.2, -0.15) is 4.08 Å². The number of phosphoric ester groups is 1. The van der Waals surface area contributed by atoms with Crippen molar-refractivity contribution >= 4 is 46.5 Å². The van der Waals surface area contributed by atoms with Crippen LogP contribution in [0.3, 0.4) is 0 Å². The molecule has 2 rings (SSSR count). The minimum Gasteiger partial charge on any atom is -0.387 e. The van der Waals surface area contributed by atoms with E-state index in [0.717, 1.165) is 15.4 Å². The van der Waals surface area contributed by atoms with Gasteiger partial charge in [-0.05, 0) is 18.2 Å². The normalized spacial score (nSPS) is 14.9. The SMILES string of the molecule is O=P(O)(OCl)Oc1cc2cc(Br)ccc2[nH]1. The van der Waals surface area contributed by atoms with Crippen molar-refractivity contribution in [3.8, 4) is 5.88 Å². The monoisotopic (exact) mass is 325 g/mol. The van der Waals surface area contributed by atoms with E-state index >= 15 is 0 Å². The highest BCUT2D eigenvalue weighted by molar-refractivity contribution is 9.10. The number of fused-ring (bicyclic) bond motifs is 1. The first kappa shape index (κ1) is 12.0. The maximum absolute atomic E-state index is 11.0. The highest BCUT2D eigenvalue weighted by atomic mass is 79.9. The molecule has 0 saturated carbocycles. The number of hydrogen-bond donors (Lipinski definition) is 2. The summed E-state index contributed by atoms with van der Waals surface area (Å²) < 4.78 is 20.4. The lowest BCUT2D eigenvalue weighted by molar-refractivity contribution is 0.297. The fourth-order valence-corrected chi connectivity index (χ4v) is 2.10. The third kappa shape index (κ3) is 2.59. The molecule has 1 heterocycles. The predicted molar refractivity (Wildman–Crippen MR) is 63.4 cm³/mol. The van der Waals surface area contributed by atoms with Crippen molar-refractivity contribution < 1.29 is 18.1 Å². The summed E-state index contributed by atoms with van der Waals surface area (Å²) in [6, 6.07) is 7.04. The minimum atomic E-state index is -4.24. The van der Waals surface area contributed by atoms with E-state index in [0.29, 0.717) is 0 Å². The molecular formula is C8H6BrClNO4P. The second-order valence-electron chi connectivity index (χ2n) is 2.99. The van der Waals surface area contributed by atoms with E-state index < -0.39 is 7.82 Å². The molecule has 0 amide bonds. The van der Waals surface area contributed by atoms with Gasteiger partial charge in [0.05, 0.1) is 11.9 Å². The quantitative estimate of drug-likeness (QED) is 0.846. The molecule has 0 radical (unpaired) electrons. The zero-order valence-corrected chi connectivity index (χ0v) is 10.9. The molecular weight excluding hydrogens is 320 g/mol. The molecule has 1 unspecified atom stereocenters. The van der Waals surface area contributed by atoms with Gasteiger partial charge >= 0.3 is 7.82 Å². The lowest BCUT2D eigenvalue weighted by atomic mass is 10.3. The fourth-order valence-electron chi connectivity index (χ4n) is 1.26. The van der Waals surface area contributed by atoms with Crippen molar-refractivity contribution in [3.63, 3.8) is 0 Å². The number of hydrogen-bond acceptors (Lipinski definition) is 3. The summed E-state index contributed by atoms with van der Waals surface area (Å²) in [4.78, 5) is 11.8. The first-order valence-electron chi connectivity index (χ1n) is 4.11. The Morgan fingerprint density at radius 1 is 1.44 bits per heavy atom. The first-order chi connectivity index (χ1) is 7.50. The van der Waals surface area contributed by atoms with E-state index in [1.54, 1.807) is 12.1 Å². The maximum atomic E-state index is 11.0. The molecule has 1 atom stereocenters. The van der Waals surface area contributed by atoms with Gasteiger partial charge in [-0.1, -0.05) is 15.9 Å². The molecule has 0 bridgehead atoms. The van der Waals surface area contributed by atoms with Crippen LogP contribution in [0.2, 0.25) is 0 Å². The highest BCUT2D eigenvalue weighted by Gasteiger charge is 2.23. The third-order valence-electron chi connectivity index (χ3n) is 1.86. The zero-order chi connectivity index (χ0) is 11.8. The van der Waals surface area contributed by atoms with Gasteiger partial charge in [0.25, 0.3) is 0 Å². The molecule has 0 aliphatic carbocycles. The smallest absolute Gasteiger partial charge is 0.387 e. The molecule has 2 N–H and O–H groups in total. The second kappa shape index (κ2) is 4.39. The number of halogens is 2. The molecule has 2 aromatic rings. The molecule has 1 aromatic carbocycles. The number of aromatic amines is 1. The lowest BCUT2D eigenvalue weighted by Gasteiger charge is -2.05. The Labute approximate surface area is 104 Å². The van der Waals surface area contributed by atoms with E-state index in [9.17, 15) is 4.57 Å². The number of aromatic nitrogens is 1. The average molecular weight is 326 g/mol. The lowest BCUT2D eigenvalue weighted by Crippen LogP contribution is -1.90. The van der Waals surface area contributed by atoms with E-state index in [2.05, 4.69) is 29.5 Å². The van der Waals surface area contributed by atoms with Crippen LogP contribution in [0.1, 0.15) is 0 Å². The van der Waals surface area contributed by atoms with Gasteiger partial charge in [0.15, 0.2) is 0 Å². The fraction of sp³-hybridized carbons (Fsp3) is 0. The predicted octanol–water partition coefficient (Wildman–Crippen LogP) is 3.58. The molecule has 8 heteroatoms. The van der Waals surface area contributed by atoms with Crippen molar-refractivity contribution in [3.05, 3.63) is 28.7 Å². The molecule has 1 aromatic heterocycles. The number of H-pyrrole nitrogens is 1. The minimum absolute atomic E-state index is 0.111. The van der Waals surface area contributed by atoms with Gasteiger partial charge in [-0.25, -0.2) is 4.57 Å². The summed E-state index contributed by atoms with van der Waals surface area (Å²) in [5, 5.41) is 0.832. The summed E-state index contributed by atoms with van der Waals surface area (Å²) in [5.41, 5.74) is 0.771. The molecule has 0 saturated heterocycles. The van der Waals surface area contributed by atoms with Crippen LogP contribution < -0.4 is 4.52 Å². The van der Waals surface area contributed by atoms with Gasteiger partial charge in [0.2, 0.25) is 5.88 Å². The van der Waals surface area contributed by atoms with Crippen molar-refractivity contribution in [2.45, 2.75) is 0 Å². The van der Waals surface area contributed by atoms with Crippen LogP contribution in [-0.2, 0) is 8.64 Å². The summed E-state index contributed by atoms with van der Waals surface area (Å²) in [7, 11) is -4.24. The van der Waals surface area contributed by atoms with Crippen molar-refractivity contribution in [1.29, 1.82) is 0 Å². The first-order valence-corrected chi connectivity index (χ1v) is 6.71. The number of benzene rings is 1. The van der Waals surface area contributed by atoms with E-state index in [-0.39, 0.29) is 5.88 Å². The number of nitrogens with one attached hydrogen (secondary N) is 1. The van der Waals surface area contributed by atoms with Crippen LogP contribution in [0.25, 0.3) is 10.9 Å². The Morgan fingerprint density at radius 3 is 2.88 bits per heavy atom. The van der Waals surface area contributed by atoms with Gasteiger partial charge in [0.1, 0.15) is 0 Å². The van der Waals surface area contributed by atoms with Crippen LogP contribution in [0, 0.1) is 0 Å². The van der Waals surface area contributed by atoms with Crippen LogP contribution in [0.15, 0.2) is 28.7 Å². The van der Waals surface area contributed by atoms with Gasteiger partial charge < -0.3 is 9.51 Å². The summed E-state index contributed by atoms with van der Waals surface area (Å²) in [6.45, 7) is 0. The molecule has 0 spiro atoms. The molecule has 0 fully saturated rings. The second-order valence-corrected chi connectivity index (χ2v) is 5.58. The zero-order valence-electron chi connectivity index (χ0n) is 7.68. The summed E-state index contributed by atoms with van der Waals surface area (Å²) >= 11 is 8.12. The topological polar surface area (TPSA) is 71.6 Å². The summed E-state index contributed by atoms with van der Waals surface area (Å²) in [5.74, 6) is 0.111. The van der Waals surface area contributed by atoms with Gasteiger partial charge in [0, 0.05) is 21.4 Å².